The van der Waals surface area contributed by atoms with Gasteiger partial charge in [0, 0.05) is 30.0 Å². The summed E-state index contributed by atoms with van der Waals surface area (Å²) in [5.74, 6) is -0.495. The maximum atomic E-state index is 12.4. The Morgan fingerprint density at radius 3 is 2.62 bits per heavy atom. The number of nitrogens with zero attached hydrogens (tertiary/aromatic N) is 5. The molecular formula is C16H13ClF3N7O2. The van der Waals surface area contributed by atoms with Gasteiger partial charge in [-0.2, -0.15) is 9.67 Å². The Kier molecular flexibility index (Phi) is 5.82. The summed E-state index contributed by atoms with van der Waals surface area (Å²) in [6.07, 6.45) is -1.88. The van der Waals surface area contributed by atoms with Gasteiger partial charge in [-0.25, -0.2) is 9.97 Å². The van der Waals surface area contributed by atoms with Crippen molar-refractivity contribution < 1.29 is 22.7 Å². The number of aromatic nitrogens is 5. The predicted molar refractivity (Wildman–Crippen MR) is 95.8 cm³/mol. The standard InChI is InChI=1S/C16H13ClF3N7O2/c1-21-14-25-12(27(26-14)15-22-3-2-4-23-15)8-24-13(28)9-5-10(17)7-11(6-9)29-16(18,19)20/h2-7H,8H2,1H3,(H,21,26)(H,24,28). The van der Waals surface area contributed by atoms with Crippen molar-refractivity contribution in [1.29, 1.82) is 0 Å². The minimum absolute atomic E-state index is 0.0878. The van der Waals surface area contributed by atoms with Crippen molar-refractivity contribution in [3.63, 3.8) is 0 Å². The molecule has 0 unspecified atom stereocenters. The van der Waals surface area contributed by atoms with Crippen molar-refractivity contribution in [1.82, 2.24) is 30.0 Å². The van der Waals surface area contributed by atoms with E-state index in [9.17, 15) is 18.0 Å². The topological polar surface area (TPSA) is 107 Å². The maximum absolute atomic E-state index is 12.4. The number of hydrogen-bond acceptors (Lipinski definition) is 7. The Labute approximate surface area is 166 Å². The number of ether oxygens (including phenoxy) is 1. The Balaban J connectivity index is 1.79. The number of carbonyl (C=O) groups excluding carboxylic acids is 1. The molecule has 0 aliphatic rings. The molecule has 1 aromatic carbocycles. The lowest BCUT2D eigenvalue weighted by molar-refractivity contribution is -0.274. The minimum Gasteiger partial charge on any atom is -0.406 e. The highest BCUT2D eigenvalue weighted by atomic mass is 35.5. The van der Waals surface area contributed by atoms with Gasteiger partial charge in [0.1, 0.15) is 5.75 Å². The molecular weight excluding hydrogens is 415 g/mol. The fourth-order valence-electron chi connectivity index (χ4n) is 2.27. The molecule has 0 fully saturated rings. The second-order valence-corrected chi connectivity index (χ2v) is 5.90. The maximum Gasteiger partial charge on any atom is 0.573 e. The lowest BCUT2D eigenvalue weighted by Gasteiger charge is -2.11. The summed E-state index contributed by atoms with van der Waals surface area (Å²) in [4.78, 5) is 24.7. The molecule has 2 N–H and O–H groups in total. The zero-order valence-corrected chi connectivity index (χ0v) is 15.5. The SMILES string of the molecule is CNc1nc(CNC(=O)c2cc(Cl)cc(OC(F)(F)F)c2)n(-c2ncccn2)n1. The van der Waals surface area contributed by atoms with Crippen molar-refractivity contribution in [2.45, 2.75) is 12.9 Å². The molecule has 0 saturated carbocycles. The van der Waals surface area contributed by atoms with Crippen LogP contribution in [0.5, 0.6) is 5.75 Å². The van der Waals surface area contributed by atoms with Crippen molar-refractivity contribution in [3.8, 4) is 11.7 Å². The lowest BCUT2D eigenvalue weighted by atomic mass is 10.2. The number of carbonyl (C=O) groups is 1. The smallest absolute Gasteiger partial charge is 0.406 e. The molecule has 152 valence electrons. The van der Waals surface area contributed by atoms with Gasteiger partial charge in [-0.05, 0) is 24.3 Å². The van der Waals surface area contributed by atoms with E-state index < -0.39 is 18.0 Å². The van der Waals surface area contributed by atoms with E-state index in [4.69, 9.17) is 11.6 Å². The number of anilines is 1. The van der Waals surface area contributed by atoms with Gasteiger partial charge >= 0.3 is 6.36 Å². The first-order chi connectivity index (χ1) is 13.7. The highest BCUT2D eigenvalue weighted by Gasteiger charge is 2.31. The molecule has 13 heteroatoms. The van der Waals surface area contributed by atoms with E-state index in [1.165, 1.54) is 23.1 Å². The van der Waals surface area contributed by atoms with Gasteiger partial charge in [0.25, 0.3) is 11.9 Å². The summed E-state index contributed by atoms with van der Waals surface area (Å²) in [5, 5.41) is 9.38. The van der Waals surface area contributed by atoms with Gasteiger partial charge in [-0.3, -0.25) is 4.79 Å². The van der Waals surface area contributed by atoms with E-state index >= 15 is 0 Å². The molecule has 3 aromatic rings. The van der Waals surface area contributed by atoms with Crippen LogP contribution >= 0.6 is 11.6 Å². The summed E-state index contributed by atoms with van der Waals surface area (Å²) < 4.78 is 42.4. The van der Waals surface area contributed by atoms with Crippen LogP contribution in [0.15, 0.2) is 36.7 Å². The third-order valence-electron chi connectivity index (χ3n) is 3.41. The van der Waals surface area contributed by atoms with Crippen LogP contribution in [0.4, 0.5) is 19.1 Å². The first kappa shape index (κ1) is 20.3. The van der Waals surface area contributed by atoms with Crippen molar-refractivity contribution >= 4 is 23.5 Å². The Morgan fingerprint density at radius 2 is 1.97 bits per heavy atom. The summed E-state index contributed by atoms with van der Waals surface area (Å²) in [6, 6.07) is 4.72. The number of hydrogen-bond donors (Lipinski definition) is 2. The van der Waals surface area contributed by atoms with Crippen molar-refractivity contribution in [2.75, 3.05) is 12.4 Å². The molecule has 0 radical (unpaired) electrons. The average molecular weight is 428 g/mol. The lowest BCUT2D eigenvalue weighted by Crippen LogP contribution is -2.25. The molecule has 2 aromatic heterocycles. The Hall–Kier alpha value is -3.41. The molecule has 0 saturated heterocycles. The quantitative estimate of drug-likeness (QED) is 0.622. The number of rotatable bonds is 6. The van der Waals surface area contributed by atoms with Crippen LogP contribution in [0.2, 0.25) is 5.02 Å². The average Bonchev–Trinajstić information content (AvgIpc) is 3.08. The van der Waals surface area contributed by atoms with E-state index in [0.717, 1.165) is 12.1 Å². The van der Waals surface area contributed by atoms with Gasteiger partial charge in [-0.15, -0.1) is 18.3 Å². The second-order valence-electron chi connectivity index (χ2n) is 5.47. The van der Waals surface area contributed by atoms with Gasteiger partial charge in [0.15, 0.2) is 5.82 Å². The minimum atomic E-state index is -4.91. The monoisotopic (exact) mass is 427 g/mol. The van der Waals surface area contributed by atoms with Crippen LogP contribution in [-0.4, -0.2) is 44.0 Å². The number of alkyl halides is 3. The molecule has 0 atom stereocenters. The zero-order valence-electron chi connectivity index (χ0n) is 14.7. The molecule has 0 aliphatic heterocycles. The van der Waals surface area contributed by atoms with Crippen molar-refractivity contribution in [3.05, 3.63) is 53.1 Å². The molecule has 0 spiro atoms. The van der Waals surface area contributed by atoms with Crippen LogP contribution in [-0.2, 0) is 6.54 Å². The molecule has 2 heterocycles. The summed E-state index contributed by atoms with van der Waals surface area (Å²) >= 11 is 5.79. The summed E-state index contributed by atoms with van der Waals surface area (Å²) in [7, 11) is 1.61. The third-order valence-corrected chi connectivity index (χ3v) is 3.63. The van der Waals surface area contributed by atoms with Crippen LogP contribution in [0.25, 0.3) is 5.95 Å². The normalized spacial score (nSPS) is 11.2. The van der Waals surface area contributed by atoms with E-state index in [-0.39, 0.29) is 29.0 Å². The molecule has 1 amide bonds. The van der Waals surface area contributed by atoms with Crippen LogP contribution in [0.1, 0.15) is 16.2 Å². The molecule has 0 aliphatic carbocycles. The Bertz CT molecular complexity index is 1010. The van der Waals surface area contributed by atoms with Crippen LogP contribution in [0, 0.1) is 0 Å². The second kappa shape index (κ2) is 8.31. The van der Waals surface area contributed by atoms with E-state index in [1.54, 1.807) is 13.1 Å². The fourth-order valence-corrected chi connectivity index (χ4v) is 2.50. The number of benzene rings is 1. The highest BCUT2D eigenvalue weighted by molar-refractivity contribution is 6.31. The van der Waals surface area contributed by atoms with Crippen LogP contribution in [0.3, 0.4) is 0 Å². The van der Waals surface area contributed by atoms with Crippen molar-refractivity contribution in [2.24, 2.45) is 0 Å². The number of halogens is 4. The van der Waals surface area contributed by atoms with Gasteiger partial charge in [0.05, 0.1) is 6.54 Å². The van der Waals surface area contributed by atoms with Gasteiger partial charge in [-0.1, -0.05) is 11.6 Å². The van der Waals surface area contributed by atoms with E-state index in [2.05, 4.69) is 35.4 Å². The van der Waals surface area contributed by atoms with Crippen LogP contribution < -0.4 is 15.4 Å². The molecule has 29 heavy (non-hydrogen) atoms. The zero-order chi connectivity index (χ0) is 21.0. The molecule has 9 nitrogen and oxygen atoms in total. The first-order valence-electron chi connectivity index (χ1n) is 8.01. The Morgan fingerprint density at radius 1 is 1.24 bits per heavy atom. The first-order valence-corrected chi connectivity index (χ1v) is 8.38. The highest BCUT2D eigenvalue weighted by Crippen LogP contribution is 2.27. The third kappa shape index (κ3) is 5.31. The fraction of sp³-hybridized carbons (Fsp3) is 0.188. The predicted octanol–water partition coefficient (Wildman–Crippen LogP) is 2.58. The molecule has 0 bridgehead atoms. The largest absolute Gasteiger partial charge is 0.573 e. The van der Waals surface area contributed by atoms with Gasteiger partial charge < -0.3 is 15.4 Å². The number of amides is 1. The van der Waals surface area contributed by atoms with E-state index in [1.807, 2.05) is 0 Å². The number of nitrogens with one attached hydrogen (secondary N) is 2. The van der Waals surface area contributed by atoms with E-state index in [0.29, 0.717) is 5.82 Å². The van der Waals surface area contributed by atoms with Gasteiger partial charge in [0.2, 0.25) is 5.95 Å². The summed E-state index contributed by atoms with van der Waals surface area (Å²) in [5.41, 5.74) is -0.118. The molecule has 3 rings (SSSR count). The summed E-state index contributed by atoms with van der Waals surface area (Å²) in [6.45, 7) is -0.103.